The Hall–Kier alpha value is -3.79. The van der Waals surface area contributed by atoms with E-state index in [1.165, 1.54) is 12.1 Å². The van der Waals surface area contributed by atoms with E-state index in [9.17, 15) is 18.0 Å². The van der Waals surface area contributed by atoms with Crippen molar-refractivity contribution < 1.29 is 18.0 Å². The maximum Gasteiger partial charge on any atom is 0.433 e. The van der Waals surface area contributed by atoms with Crippen molar-refractivity contribution in [2.24, 2.45) is 7.05 Å². The molecule has 3 aromatic heterocycles. The zero-order valence-corrected chi connectivity index (χ0v) is 18.8. The van der Waals surface area contributed by atoms with Crippen molar-refractivity contribution in [1.29, 1.82) is 0 Å². The van der Waals surface area contributed by atoms with Gasteiger partial charge in [-0.25, -0.2) is 9.97 Å². The fourth-order valence-corrected chi connectivity index (χ4v) is 3.35. The highest BCUT2D eigenvalue weighted by molar-refractivity contribution is 6.30. The van der Waals surface area contributed by atoms with Crippen molar-refractivity contribution in [3.05, 3.63) is 83.0 Å². The summed E-state index contributed by atoms with van der Waals surface area (Å²) in [4.78, 5) is 25.3. The van der Waals surface area contributed by atoms with Crippen LogP contribution in [0.3, 0.4) is 0 Å². The van der Waals surface area contributed by atoms with Gasteiger partial charge in [0.25, 0.3) is 5.91 Å². The molecular formula is C23H18ClF3N6O. The molecule has 0 aliphatic carbocycles. The molecule has 1 N–H and O–H groups in total. The van der Waals surface area contributed by atoms with Crippen LogP contribution in [0, 0.1) is 0 Å². The van der Waals surface area contributed by atoms with Gasteiger partial charge in [0.05, 0.1) is 23.5 Å². The van der Waals surface area contributed by atoms with E-state index < -0.39 is 23.8 Å². The fourth-order valence-electron chi connectivity index (χ4n) is 3.22. The van der Waals surface area contributed by atoms with Crippen LogP contribution in [0.2, 0.25) is 5.02 Å². The predicted octanol–water partition coefficient (Wildman–Crippen LogP) is 5.10. The molecule has 0 fully saturated rings. The number of carbonyl (C=O) groups excluding carboxylic acids is 1. The lowest BCUT2D eigenvalue weighted by Crippen LogP contribution is -2.28. The lowest BCUT2D eigenvalue weighted by Gasteiger charge is -2.16. The Kier molecular flexibility index (Phi) is 6.34. The van der Waals surface area contributed by atoms with Gasteiger partial charge in [-0.15, -0.1) is 0 Å². The average Bonchev–Trinajstić information content (AvgIpc) is 3.25. The molecule has 0 spiro atoms. The second-order valence-electron chi connectivity index (χ2n) is 7.54. The van der Waals surface area contributed by atoms with Gasteiger partial charge in [-0.3, -0.25) is 14.5 Å². The van der Waals surface area contributed by atoms with Crippen LogP contribution in [0.5, 0.6) is 0 Å². The monoisotopic (exact) mass is 486 g/mol. The maximum atomic E-state index is 13.1. The molecule has 0 aliphatic heterocycles. The molecule has 34 heavy (non-hydrogen) atoms. The maximum absolute atomic E-state index is 13.1. The summed E-state index contributed by atoms with van der Waals surface area (Å²) in [6.45, 7) is 1.58. The molecule has 0 bridgehead atoms. The summed E-state index contributed by atoms with van der Waals surface area (Å²) >= 11 is 5.98. The first-order valence-electron chi connectivity index (χ1n) is 10.1. The first kappa shape index (κ1) is 23.4. The Bertz CT molecular complexity index is 1340. The van der Waals surface area contributed by atoms with Crippen molar-refractivity contribution in [3.8, 4) is 22.6 Å². The number of pyridine rings is 1. The molecule has 174 valence electrons. The zero-order chi connectivity index (χ0) is 24.5. The van der Waals surface area contributed by atoms with E-state index in [1.807, 2.05) is 0 Å². The molecule has 0 unspecified atom stereocenters. The number of alkyl halides is 3. The molecular weight excluding hydrogens is 469 g/mol. The van der Waals surface area contributed by atoms with Crippen LogP contribution in [0.15, 0.2) is 61.1 Å². The molecule has 1 aromatic carbocycles. The first-order valence-corrected chi connectivity index (χ1v) is 10.5. The molecule has 7 nitrogen and oxygen atoms in total. The summed E-state index contributed by atoms with van der Waals surface area (Å²) in [6.07, 6.45) is -0.245. The van der Waals surface area contributed by atoms with Gasteiger partial charge in [-0.2, -0.15) is 18.3 Å². The summed E-state index contributed by atoms with van der Waals surface area (Å²) < 4.78 is 40.6. The third-order valence-corrected chi connectivity index (χ3v) is 5.24. The van der Waals surface area contributed by atoms with Gasteiger partial charge in [0.2, 0.25) is 0 Å². The van der Waals surface area contributed by atoms with Crippen LogP contribution in [-0.4, -0.2) is 30.6 Å². The topological polar surface area (TPSA) is 85.6 Å². The smallest absolute Gasteiger partial charge is 0.344 e. The minimum atomic E-state index is -4.58. The van der Waals surface area contributed by atoms with E-state index in [-0.39, 0.29) is 17.1 Å². The molecule has 0 radical (unpaired) electrons. The Morgan fingerprint density at radius 2 is 1.82 bits per heavy atom. The van der Waals surface area contributed by atoms with E-state index in [2.05, 4.69) is 25.4 Å². The van der Waals surface area contributed by atoms with Crippen LogP contribution in [0.1, 0.15) is 34.7 Å². The number of benzene rings is 1. The van der Waals surface area contributed by atoms with Gasteiger partial charge in [-0.1, -0.05) is 23.7 Å². The van der Waals surface area contributed by atoms with Crippen LogP contribution < -0.4 is 5.32 Å². The molecule has 4 aromatic rings. The van der Waals surface area contributed by atoms with Crippen LogP contribution in [0.25, 0.3) is 22.6 Å². The lowest BCUT2D eigenvalue weighted by atomic mass is 10.1. The highest BCUT2D eigenvalue weighted by atomic mass is 35.5. The number of nitrogens with one attached hydrogen (secondary N) is 1. The number of rotatable bonds is 5. The highest BCUT2D eigenvalue weighted by Gasteiger charge is 2.33. The largest absolute Gasteiger partial charge is 0.433 e. The van der Waals surface area contributed by atoms with Crippen LogP contribution in [-0.2, 0) is 13.2 Å². The molecule has 0 aliphatic rings. The van der Waals surface area contributed by atoms with Gasteiger partial charge >= 0.3 is 6.18 Å². The minimum Gasteiger partial charge on any atom is -0.344 e. The standard InChI is InChI=1S/C23H18ClF3N6O/c1-13(15-7-8-28-20(9-15)23(25,26)27)30-22(34)19-10-18(14-3-5-17(24)6-4-14)31-21(32-19)16-11-29-33(2)12-16/h3-13H,1-2H3,(H,30,34)/t13-/m0/s1. The number of aryl methyl sites for hydroxylation is 1. The van der Waals surface area contributed by atoms with Crippen molar-refractivity contribution in [2.75, 3.05) is 0 Å². The molecule has 0 saturated carbocycles. The SMILES string of the molecule is C[C@H](NC(=O)c1cc(-c2ccc(Cl)cc2)nc(-c2cnn(C)c2)n1)c1ccnc(C(F)(F)F)c1. The first-order chi connectivity index (χ1) is 16.1. The molecule has 0 saturated heterocycles. The third-order valence-electron chi connectivity index (χ3n) is 4.98. The van der Waals surface area contributed by atoms with Crippen molar-refractivity contribution in [2.45, 2.75) is 19.1 Å². The van der Waals surface area contributed by atoms with Gasteiger partial charge in [0.1, 0.15) is 11.4 Å². The number of amides is 1. The van der Waals surface area contributed by atoms with Crippen molar-refractivity contribution in [1.82, 2.24) is 30.0 Å². The number of hydrogen-bond donors (Lipinski definition) is 1. The number of aromatic nitrogens is 5. The van der Waals surface area contributed by atoms with Crippen LogP contribution >= 0.6 is 11.6 Å². The summed E-state index contributed by atoms with van der Waals surface area (Å²) in [5, 5.41) is 7.36. The van der Waals surface area contributed by atoms with Crippen molar-refractivity contribution in [3.63, 3.8) is 0 Å². The molecule has 11 heteroatoms. The summed E-state index contributed by atoms with van der Waals surface area (Å²) in [5.41, 5.74) is 1.07. The van der Waals surface area contributed by atoms with E-state index >= 15 is 0 Å². The zero-order valence-electron chi connectivity index (χ0n) is 18.0. The molecule has 1 amide bonds. The highest BCUT2D eigenvalue weighted by Crippen LogP contribution is 2.29. The number of carbonyl (C=O) groups is 1. The molecule has 4 rings (SSSR count). The lowest BCUT2D eigenvalue weighted by molar-refractivity contribution is -0.141. The van der Waals surface area contributed by atoms with E-state index in [1.54, 1.807) is 55.3 Å². The van der Waals surface area contributed by atoms with E-state index in [0.29, 0.717) is 21.8 Å². The summed E-state index contributed by atoms with van der Waals surface area (Å²) in [7, 11) is 1.74. The number of hydrogen-bond acceptors (Lipinski definition) is 5. The Morgan fingerprint density at radius 1 is 1.09 bits per heavy atom. The second kappa shape index (κ2) is 9.22. The second-order valence-corrected chi connectivity index (χ2v) is 7.98. The molecule has 3 heterocycles. The Balaban J connectivity index is 1.68. The Labute approximate surface area is 197 Å². The van der Waals surface area contributed by atoms with E-state index in [4.69, 9.17) is 11.6 Å². The van der Waals surface area contributed by atoms with Crippen LogP contribution in [0.4, 0.5) is 13.2 Å². The number of halogens is 4. The van der Waals surface area contributed by atoms with Gasteiger partial charge < -0.3 is 5.32 Å². The average molecular weight is 487 g/mol. The third kappa shape index (κ3) is 5.23. The summed E-state index contributed by atoms with van der Waals surface area (Å²) in [5.74, 6) is -0.290. The van der Waals surface area contributed by atoms with Gasteiger partial charge in [0.15, 0.2) is 5.82 Å². The summed E-state index contributed by atoms with van der Waals surface area (Å²) in [6, 6.07) is 10.0. The molecule has 1 atom stereocenters. The van der Waals surface area contributed by atoms with E-state index in [0.717, 1.165) is 12.3 Å². The normalized spacial score (nSPS) is 12.4. The minimum absolute atomic E-state index is 0.0516. The Morgan fingerprint density at radius 3 is 2.47 bits per heavy atom. The van der Waals surface area contributed by atoms with Gasteiger partial charge in [-0.05, 0) is 42.8 Å². The quantitative estimate of drug-likeness (QED) is 0.424. The van der Waals surface area contributed by atoms with Gasteiger partial charge in [0, 0.05) is 30.0 Å². The fraction of sp³-hybridized carbons (Fsp3) is 0.174. The predicted molar refractivity (Wildman–Crippen MR) is 120 cm³/mol. The van der Waals surface area contributed by atoms with Crippen molar-refractivity contribution >= 4 is 17.5 Å². The number of nitrogens with zero attached hydrogens (tertiary/aromatic N) is 5.